The molecule has 1 aromatic carbocycles. The summed E-state index contributed by atoms with van der Waals surface area (Å²) in [4.78, 5) is 34.0. The molecule has 0 atom stereocenters. The predicted molar refractivity (Wildman–Crippen MR) is 58.5 cm³/mol. The first kappa shape index (κ1) is 11.2. The molecule has 1 saturated heterocycles. The van der Waals surface area contributed by atoms with Crippen molar-refractivity contribution in [1.29, 1.82) is 0 Å². The van der Waals surface area contributed by atoms with E-state index in [0.29, 0.717) is 5.69 Å². The quantitative estimate of drug-likeness (QED) is 0.444. The number of hydrogen-bond donors (Lipinski definition) is 1. The van der Waals surface area contributed by atoms with Crippen LogP contribution >= 0.6 is 0 Å². The van der Waals surface area contributed by atoms with Gasteiger partial charge in [-0.25, -0.2) is 4.90 Å². The van der Waals surface area contributed by atoms with E-state index in [4.69, 9.17) is 0 Å². The number of non-ortho nitro benzene ring substituents is 1. The van der Waals surface area contributed by atoms with Gasteiger partial charge in [-0.15, -0.1) is 0 Å². The molecule has 0 aromatic heterocycles. The number of carbonyl (C=O) groups is 2. The summed E-state index contributed by atoms with van der Waals surface area (Å²) in [6.07, 6.45) is 0. The summed E-state index contributed by atoms with van der Waals surface area (Å²) in [6, 6.07) is 5.30. The Bertz CT molecular complexity index is 467. The number of nitro groups is 1. The third-order valence-electron chi connectivity index (χ3n) is 2.37. The zero-order valence-corrected chi connectivity index (χ0v) is 8.75. The lowest BCUT2D eigenvalue weighted by molar-refractivity contribution is -0.384. The van der Waals surface area contributed by atoms with Gasteiger partial charge >= 0.3 is 0 Å². The molecule has 7 heteroatoms. The van der Waals surface area contributed by atoms with Gasteiger partial charge in [-0.2, -0.15) is 0 Å². The molecular formula is C10H9N3O4. The van der Waals surface area contributed by atoms with Crippen LogP contribution in [0.2, 0.25) is 0 Å². The van der Waals surface area contributed by atoms with Gasteiger partial charge in [-0.1, -0.05) is 0 Å². The molecule has 0 bridgehead atoms. The maximum absolute atomic E-state index is 11.5. The highest BCUT2D eigenvalue weighted by Gasteiger charge is 2.27. The van der Waals surface area contributed by atoms with Crippen LogP contribution in [0.1, 0.15) is 0 Å². The lowest BCUT2D eigenvalue weighted by Crippen LogP contribution is -2.52. The first-order valence-electron chi connectivity index (χ1n) is 4.90. The van der Waals surface area contributed by atoms with Crippen molar-refractivity contribution in [3.05, 3.63) is 34.4 Å². The van der Waals surface area contributed by atoms with Crippen LogP contribution in [0.15, 0.2) is 24.3 Å². The second kappa shape index (κ2) is 4.30. The van der Waals surface area contributed by atoms with Gasteiger partial charge in [0.1, 0.15) is 0 Å². The van der Waals surface area contributed by atoms with Crippen LogP contribution in [0.4, 0.5) is 11.4 Å². The number of benzene rings is 1. The molecule has 7 nitrogen and oxygen atoms in total. The molecule has 1 aliphatic heterocycles. The number of amides is 2. The molecule has 2 rings (SSSR count). The van der Waals surface area contributed by atoms with Crippen LogP contribution in [0, 0.1) is 10.1 Å². The molecular weight excluding hydrogens is 226 g/mol. The third kappa shape index (κ3) is 2.13. The zero-order chi connectivity index (χ0) is 12.4. The predicted octanol–water partition coefficient (Wildman–Crippen LogP) is 0.0576. The Labute approximate surface area is 96.2 Å². The Morgan fingerprint density at radius 2 is 1.65 bits per heavy atom. The number of rotatable bonds is 2. The summed E-state index contributed by atoms with van der Waals surface area (Å²) in [5, 5.41) is 13.1. The number of imide groups is 1. The van der Waals surface area contributed by atoms with Gasteiger partial charge in [0.2, 0.25) is 11.8 Å². The fourth-order valence-corrected chi connectivity index (χ4v) is 1.58. The summed E-state index contributed by atoms with van der Waals surface area (Å²) in [7, 11) is 0. The number of nitrogens with zero attached hydrogens (tertiary/aromatic N) is 2. The van der Waals surface area contributed by atoms with Crippen LogP contribution in [-0.4, -0.2) is 29.8 Å². The Kier molecular flexibility index (Phi) is 2.84. The van der Waals surface area contributed by atoms with Crippen LogP contribution in [0.5, 0.6) is 0 Å². The molecule has 0 aliphatic carbocycles. The Hall–Kier alpha value is -2.28. The molecule has 0 saturated carbocycles. The largest absolute Gasteiger partial charge is 0.300 e. The average Bonchev–Trinajstić information content (AvgIpc) is 2.29. The molecule has 1 aromatic rings. The van der Waals surface area contributed by atoms with Crippen molar-refractivity contribution in [3.8, 4) is 0 Å². The van der Waals surface area contributed by atoms with E-state index in [1.54, 1.807) is 0 Å². The van der Waals surface area contributed by atoms with Gasteiger partial charge in [0.05, 0.1) is 23.7 Å². The summed E-state index contributed by atoms with van der Waals surface area (Å²) < 4.78 is 0. The van der Waals surface area contributed by atoms with E-state index in [-0.39, 0.29) is 30.6 Å². The van der Waals surface area contributed by atoms with E-state index in [1.807, 2.05) is 0 Å². The highest BCUT2D eigenvalue weighted by atomic mass is 16.6. The molecule has 1 N–H and O–H groups in total. The average molecular weight is 235 g/mol. The SMILES string of the molecule is O=C1CNCC(=O)N1c1ccc([N+](=O)[O-])cc1. The van der Waals surface area contributed by atoms with E-state index >= 15 is 0 Å². The molecule has 0 unspecified atom stereocenters. The standard InChI is InChI=1S/C10H9N3O4/c14-9-5-11-6-10(15)12(9)7-1-3-8(4-2-7)13(16)17/h1-4,11H,5-6H2. The molecule has 1 heterocycles. The van der Waals surface area contributed by atoms with Crippen molar-refractivity contribution in [2.45, 2.75) is 0 Å². The van der Waals surface area contributed by atoms with E-state index in [1.165, 1.54) is 24.3 Å². The topological polar surface area (TPSA) is 92.6 Å². The normalized spacial score (nSPS) is 16.1. The number of nitro benzene ring substituents is 1. The van der Waals surface area contributed by atoms with Crippen LogP contribution in [-0.2, 0) is 9.59 Å². The molecule has 1 fully saturated rings. The molecule has 17 heavy (non-hydrogen) atoms. The highest BCUT2D eigenvalue weighted by molar-refractivity contribution is 6.17. The van der Waals surface area contributed by atoms with Crippen molar-refractivity contribution < 1.29 is 14.5 Å². The minimum absolute atomic E-state index is 0.0798. The number of nitrogens with one attached hydrogen (secondary N) is 1. The van der Waals surface area contributed by atoms with Crippen molar-refractivity contribution in [2.24, 2.45) is 0 Å². The number of piperazine rings is 1. The third-order valence-corrected chi connectivity index (χ3v) is 2.37. The minimum Gasteiger partial charge on any atom is -0.300 e. The smallest absolute Gasteiger partial charge is 0.269 e. The molecule has 2 amide bonds. The minimum atomic E-state index is -0.537. The first-order valence-corrected chi connectivity index (χ1v) is 4.90. The summed E-state index contributed by atoms with van der Waals surface area (Å²) in [5.74, 6) is -0.731. The van der Waals surface area contributed by atoms with Gasteiger partial charge in [0, 0.05) is 12.1 Å². The molecule has 88 valence electrons. The van der Waals surface area contributed by atoms with Crippen LogP contribution < -0.4 is 10.2 Å². The number of hydrogen-bond acceptors (Lipinski definition) is 5. The molecule has 0 radical (unpaired) electrons. The monoisotopic (exact) mass is 235 g/mol. The summed E-state index contributed by atoms with van der Waals surface area (Å²) >= 11 is 0. The van der Waals surface area contributed by atoms with Gasteiger partial charge in [0.25, 0.3) is 5.69 Å². The number of anilines is 1. The second-order valence-corrected chi connectivity index (χ2v) is 3.50. The Morgan fingerprint density at radius 1 is 1.12 bits per heavy atom. The van der Waals surface area contributed by atoms with E-state index in [0.717, 1.165) is 4.90 Å². The van der Waals surface area contributed by atoms with Crippen molar-refractivity contribution in [3.63, 3.8) is 0 Å². The fourth-order valence-electron chi connectivity index (χ4n) is 1.58. The Balaban J connectivity index is 2.29. The second-order valence-electron chi connectivity index (χ2n) is 3.50. The lowest BCUT2D eigenvalue weighted by atomic mass is 10.2. The fraction of sp³-hybridized carbons (Fsp3) is 0.200. The van der Waals surface area contributed by atoms with Crippen molar-refractivity contribution >= 4 is 23.2 Å². The van der Waals surface area contributed by atoms with Crippen molar-refractivity contribution in [1.82, 2.24) is 5.32 Å². The maximum atomic E-state index is 11.5. The van der Waals surface area contributed by atoms with E-state index in [9.17, 15) is 19.7 Å². The number of carbonyl (C=O) groups excluding carboxylic acids is 2. The Morgan fingerprint density at radius 3 is 2.12 bits per heavy atom. The van der Waals surface area contributed by atoms with Crippen LogP contribution in [0.3, 0.4) is 0 Å². The van der Waals surface area contributed by atoms with E-state index in [2.05, 4.69) is 5.32 Å². The summed E-state index contributed by atoms with van der Waals surface area (Å²) in [5.41, 5.74) is 0.274. The van der Waals surface area contributed by atoms with Gasteiger partial charge in [0.15, 0.2) is 0 Å². The molecule has 1 aliphatic rings. The summed E-state index contributed by atoms with van der Waals surface area (Å²) in [6.45, 7) is 0.172. The van der Waals surface area contributed by atoms with Gasteiger partial charge in [-0.3, -0.25) is 25.0 Å². The highest BCUT2D eigenvalue weighted by Crippen LogP contribution is 2.20. The first-order chi connectivity index (χ1) is 8.09. The lowest BCUT2D eigenvalue weighted by Gasteiger charge is -2.25. The van der Waals surface area contributed by atoms with Gasteiger partial charge < -0.3 is 0 Å². The van der Waals surface area contributed by atoms with Gasteiger partial charge in [-0.05, 0) is 12.1 Å². The van der Waals surface area contributed by atoms with E-state index < -0.39 is 4.92 Å². The zero-order valence-electron chi connectivity index (χ0n) is 8.75. The maximum Gasteiger partial charge on any atom is 0.269 e. The van der Waals surface area contributed by atoms with Crippen LogP contribution in [0.25, 0.3) is 0 Å². The molecule has 0 spiro atoms. The van der Waals surface area contributed by atoms with Crippen molar-refractivity contribution in [2.75, 3.05) is 18.0 Å².